The third-order valence-corrected chi connectivity index (χ3v) is 6.44. The summed E-state index contributed by atoms with van der Waals surface area (Å²) in [6.07, 6.45) is 8.40. The summed E-state index contributed by atoms with van der Waals surface area (Å²) in [7, 11) is -2.38. The van der Waals surface area contributed by atoms with Gasteiger partial charge in [0, 0.05) is 10.7 Å². The number of nitrogens with one attached hydrogen (secondary N) is 1. The summed E-state index contributed by atoms with van der Waals surface area (Å²) in [5.41, 5.74) is 0.654. The SMILES string of the molecule is CCCCCCCCCCC(Oc1ccc(C)cc1S(=O)(=O)Cl)C(=O)NS(C)(=O)=O. The Labute approximate surface area is 185 Å². The Morgan fingerprint density at radius 1 is 1.03 bits per heavy atom. The molecule has 1 amide bonds. The first-order valence-electron chi connectivity index (χ1n) is 10.2. The van der Waals surface area contributed by atoms with Crippen molar-refractivity contribution in [3.8, 4) is 5.75 Å². The number of carbonyl (C=O) groups excluding carboxylic acids is 1. The predicted molar refractivity (Wildman–Crippen MR) is 119 cm³/mol. The van der Waals surface area contributed by atoms with Crippen molar-refractivity contribution in [2.45, 2.75) is 82.6 Å². The second-order valence-electron chi connectivity index (χ2n) is 7.50. The number of rotatable bonds is 14. The molecular weight excluding hydrogens is 450 g/mol. The Balaban J connectivity index is 2.84. The van der Waals surface area contributed by atoms with Crippen LogP contribution < -0.4 is 9.46 Å². The molecule has 7 nitrogen and oxygen atoms in total. The van der Waals surface area contributed by atoms with E-state index in [0.29, 0.717) is 12.0 Å². The Morgan fingerprint density at radius 2 is 1.60 bits per heavy atom. The van der Waals surface area contributed by atoms with E-state index in [1.807, 2.05) is 4.72 Å². The van der Waals surface area contributed by atoms with Crippen LogP contribution in [0, 0.1) is 6.92 Å². The molecule has 10 heteroatoms. The van der Waals surface area contributed by atoms with Crippen molar-refractivity contribution < 1.29 is 26.4 Å². The average Bonchev–Trinajstić information content (AvgIpc) is 2.61. The van der Waals surface area contributed by atoms with E-state index in [0.717, 1.165) is 25.5 Å². The fourth-order valence-corrected chi connectivity index (χ4v) is 4.55. The number of carbonyl (C=O) groups is 1. The lowest BCUT2D eigenvalue weighted by Gasteiger charge is -2.20. The highest BCUT2D eigenvalue weighted by molar-refractivity contribution is 8.13. The smallest absolute Gasteiger partial charge is 0.274 e. The van der Waals surface area contributed by atoms with Gasteiger partial charge in [-0.2, -0.15) is 0 Å². The molecule has 0 bridgehead atoms. The zero-order valence-corrected chi connectivity index (χ0v) is 20.2. The van der Waals surface area contributed by atoms with Gasteiger partial charge in [-0.15, -0.1) is 0 Å². The number of amides is 1. The van der Waals surface area contributed by atoms with E-state index >= 15 is 0 Å². The van der Waals surface area contributed by atoms with Crippen molar-refractivity contribution in [3.05, 3.63) is 23.8 Å². The van der Waals surface area contributed by atoms with Gasteiger partial charge in [0.25, 0.3) is 15.0 Å². The highest BCUT2D eigenvalue weighted by atomic mass is 35.7. The van der Waals surface area contributed by atoms with E-state index < -0.39 is 31.1 Å². The van der Waals surface area contributed by atoms with Crippen LogP contribution >= 0.6 is 10.7 Å². The normalized spacial score (nSPS) is 13.1. The summed E-state index contributed by atoms with van der Waals surface area (Å²) in [5, 5.41) is 0. The van der Waals surface area contributed by atoms with Crippen LogP contribution in [0.25, 0.3) is 0 Å². The molecule has 0 fully saturated rings. The molecule has 0 spiro atoms. The fourth-order valence-electron chi connectivity index (χ4n) is 3.01. The first-order valence-corrected chi connectivity index (χ1v) is 14.4. The first kappa shape index (κ1) is 26.7. The molecule has 0 radical (unpaired) electrons. The van der Waals surface area contributed by atoms with Gasteiger partial charge in [-0.3, -0.25) is 9.52 Å². The monoisotopic (exact) mass is 481 g/mol. The maximum Gasteiger partial charge on any atom is 0.274 e. The maximum absolute atomic E-state index is 12.4. The predicted octanol–water partition coefficient (Wildman–Crippen LogP) is 4.28. The largest absolute Gasteiger partial charge is 0.479 e. The van der Waals surface area contributed by atoms with Crippen LogP contribution in [0.4, 0.5) is 0 Å². The molecule has 172 valence electrons. The van der Waals surface area contributed by atoms with Crippen LogP contribution in [0.3, 0.4) is 0 Å². The second-order valence-corrected chi connectivity index (χ2v) is 11.8. The van der Waals surface area contributed by atoms with Crippen LogP contribution in [0.5, 0.6) is 5.75 Å². The van der Waals surface area contributed by atoms with Gasteiger partial charge in [-0.1, -0.05) is 57.9 Å². The molecule has 1 N–H and O–H groups in total. The highest BCUT2D eigenvalue weighted by Gasteiger charge is 2.26. The summed E-state index contributed by atoms with van der Waals surface area (Å²) in [5.74, 6) is -0.914. The van der Waals surface area contributed by atoms with Gasteiger partial charge in [-0.05, 0) is 37.5 Å². The molecule has 1 rings (SSSR count). The van der Waals surface area contributed by atoms with Crippen molar-refractivity contribution in [1.29, 1.82) is 0 Å². The highest BCUT2D eigenvalue weighted by Crippen LogP contribution is 2.29. The van der Waals surface area contributed by atoms with Crippen LogP contribution in [0.2, 0.25) is 0 Å². The Kier molecular flexibility index (Phi) is 11.1. The molecule has 1 atom stereocenters. The van der Waals surface area contributed by atoms with Gasteiger partial charge in [0.15, 0.2) is 6.10 Å². The molecule has 1 aromatic carbocycles. The van der Waals surface area contributed by atoms with Crippen molar-refractivity contribution >= 4 is 35.7 Å². The Hall–Kier alpha value is -1.32. The minimum atomic E-state index is -4.11. The quantitative estimate of drug-likeness (QED) is 0.314. The minimum absolute atomic E-state index is 0.0798. The topological polar surface area (TPSA) is 107 Å². The van der Waals surface area contributed by atoms with Gasteiger partial charge in [0.1, 0.15) is 10.6 Å². The number of hydrogen-bond acceptors (Lipinski definition) is 6. The molecular formula is C20H32ClNO6S2. The molecule has 0 aliphatic rings. The molecule has 30 heavy (non-hydrogen) atoms. The van der Waals surface area contributed by atoms with E-state index in [2.05, 4.69) is 6.92 Å². The number of unbranched alkanes of at least 4 members (excludes halogenated alkanes) is 7. The number of benzene rings is 1. The third kappa shape index (κ3) is 10.6. The Bertz CT molecular complexity index is 900. The average molecular weight is 482 g/mol. The van der Waals surface area contributed by atoms with Crippen molar-refractivity contribution in [2.75, 3.05) is 6.26 Å². The van der Waals surface area contributed by atoms with Crippen molar-refractivity contribution in [2.24, 2.45) is 0 Å². The van der Waals surface area contributed by atoms with Crippen LogP contribution in [-0.2, 0) is 23.9 Å². The zero-order valence-electron chi connectivity index (χ0n) is 17.8. The van der Waals surface area contributed by atoms with E-state index in [9.17, 15) is 21.6 Å². The Morgan fingerprint density at radius 3 is 2.13 bits per heavy atom. The number of sulfonamides is 1. The lowest BCUT2D eigenvalue weighted by molar-refractivity contribution is -0.126. The van der Waals surface area contributed by atoms with Gasteiger partial charge in [0.2, 0.25) is 10.0 Å². The van der Waals surface area contributed by atoms with Crippen LogP contribution in [0.15, 0.2) is 23.1 Å². The lowest BCUT2D eigenvalue weighted by atomic mass is 10.1. The van der Waals surface area contributed by atoms with E-state index in [1.165, 1.54) is 37.8 Å². The van der Waals surface area contributed by atoms with Crippen LogP contribution in [0.1, 0.15) is 70.3 Å². The van der Waals surface area contributed by atoms with E-state index in [4.69, 9.17) is 15.4 Å². The summed E-state index contributed by atoms with van der Waals surface area (Å²) >= 11 is 0. The standard InChI is InChI=1S/C20H32ClNO6S2/c1-4-5-6-7-8-9-10-11-12-18(20(23)22-29(3,24)25)28-17-14-13-16(2)15-19(17)30(21,26)27/h13-15,18H,4-12H2,1-3H3,(H,22,23). The molecule has 1 aromatic rings. The molecule has 0 aromatic heterocycles. The summed E-state index contributed by atoms with van der Waals surface area (Å²) in [6, 6.07) is 4.39. The lowest BCUT2D eigenvalue weighted by Crippen LogP contribution is -2.41. The molecule has 0 heterocycles. The first-order chi connectivity index (χ1) is 13.9. The minimum Gasteiger partial charge on any atom is -0.479 e. The van der Waals surface area contributed by atoms with Crippen LogP contribution in [-0.4, -0.2) is 35.1 Å². The number of hydrogen-bond donors (Lipinski definition) is 1. The summed E-state index contributed by atoms with van der Waals surface area (Å²) in [6.45, 7) is 3.86. The van der Waals surface area contributed by atoms with Crippen molar-refractivity contribution in [3.63, 3.8) is 0 Å². The maximum atomic E-state index is 12.4. The summed E-state index contributed by atoms with van der Waals surface area (Å²) < 4.78 is 54.3. The number of aryl methyl sites for hydroxylation is 1. The molecule has 0 aliphatic carbocycles. The molecule has 1 unspecified atom stereocenters. The van der Waals surface area contributed by atoms with Gasteiger partial charge >= 0.3 is 0 Å². The van der Waals surface area contributed by atoms with Gasteiger partial charge in [-0.25, -0.2) is 16.8 Å². The molecule has 0 saturated heterocycles. The number of ether oxygens (including phenoxy) is 1. The van der Waals surface area contributed by atoms with E-state index in [-0.39, 0.29) is 17.1 Å². The zero-order chi connectivity index (χ0) is 22.8. The summed E-state index contributed by atoms with van der Waals surface area (Å²) in [4.78, 5) is 12.2. The van der Waals surface area contributed by atoms with Gasteiger partial charge < -0.3 is 4.74 Å². The second kappa shape index (κ2) is 12.5. The fraction of sp³-hybridized carbons (Fsp3) is 0.650. The van der Waals surface area contributed by atoms with Crippen molar-refractivity contribution in [1.82, 2.24) is 4.72 Å². The third-order valence-electron chi connectivity index (χ3n) is 4.53. The van der Waals surface area contributed by atoms with E-state index in [1.54, 1.807) is 13.0 Å². The molecule has 0 aliphatic heterocycles. The number of halogens is 1. The molecule has 0 saturated carbocycles. The van der Waals surface area contributed by atoms with Gasteiger partial charge in [0.05, 0.1) is 6.26 Å².